The van der Waals surface area contributed by atoms with Crippen LogP contribution < -0.4 is 5.32 Å². The number of unbranched alkanes of at least 4 members (excludes halogenated alkanes) is 1. The Balaban J connectivity index is 2.18. The summed E-state index contributed by atoms with van der Waals surface area (Å²) in [5, 5.41) is 12.6. The van der Waals surface area contributed by atoms with E-state index in [1.165, 1.54) is 17.3 Å². The number of rotatable bonds is 11. The first-order valence-electron chi connectivity index (χ1n) is 9.59. The highest BCUT2D eigenvalue weighted by Gasteiger charge is 2.22. The Bertz CT molecular complexity index is 702. The van der Waals surface area contributed by atoms with E-state index in [1.807, 2.05) is 18.2 Å². The predicted octanol–water partition coefficient (Wildman–Crippen LogP) is 3.35. The molecule has 1 amide bonds. The molecule has 27 heavy (non-hydrogen) atoms. The second kappa shape index (κ2) is 11.1. The normalized spacial score (nSPS) is 12.3. The monoisotopic (exact) mass is 389 g/mol. The molecule has 2 aromatic rings. The topological polar surface area (TPSA) is 63.1 Å². The van der Waals surface area contributed by atoms with Crippen LogP contribution in [0.2, 0.25) is 0 Å². The van der Waals surface area contributed by atoms with Gasteiger partial charge in [0.05, 0.1) is 18.3 Å². The van der Waals surface area contributed by atoms with E-state index in [1.54, 1.807) is 0 Å². The van der Waals surface area contributed by atoms with E-state index < -0.39 is 0 Å². The van der Waals surface area contributed by atoms with E-state index in [4.69, 9.17) is 0 Å². The summed E-state index contributed by atoms with van der Waals surface area (Å²) in [6.07, 6.45) is 3.03. The van der Waals surface area contributed by atoms with Gasteiger partial charge in [-0.2, -0.15) is 0 Å². The van der Waals surface area contributed by atoms with Gasteiger partial charge in [0.15, 0.2) is 11.0 Å². The highest BCUT2D eigenvalue weighted by atomic mass is 32.2. The summed E-state index contributed by atoms with van der Waals surface area (Å²) in [6.45, 7) is 5.70. The minimum atomic E-state index is 0.0453. The summed E-state index contributed by atoms with van der Waals surface area (Å²) in [6, 6.07) is 10.5. The van der Waals surface area contributed by atoms with Gasteiger partial charge in [0, 0.05) is 6.54 Å². The van der Waals surface area contributed by atoms with Gasteiger partial charge in [-0.1, -0.05) is 62.4 Å². The van der Waals surface area contributed by atoms with Crippen molar-refractivity contribution in [2.24, 2.45) is 0 Å². The second-order valence-electron chi connectivity index (χ2n) is 6.79. The molecule has 0 radical (unpaired) electrons. The smallest absolute Gasteiger partial charge is 0.230 e. The lowest BCUT2D eigenvalue weighted by molar-refractivity contribution is -0.118. The van der Waals surface area contributed by atoms with Crippen molar-refractivity contribution in [1.29, 1.82) is 0 Å². The van der Waals surface area contributed by atoms with Crippen molar-refractivity contribution in [3.63, 3.8) is 0 Å². The SMILES string of the molecule is CCCCNC(=O)CSc1nnc([C@@H](CC)N(C)C)n1Cc1ccccc1. The number of nitrogens with zero attached hydrogens (tertiary/aromatic N) is 4. The minimum Gasteiger partial charge on any atom is -0.355 e. The predicted molar refractivity (Wildman–Crippen MR) is 111 cm³/mol. The Morgan fingerprint density at radius 3 is 2.59 bits per heavy atom. The van der Waals surface area contributed by atoms with Crippen LogP contribution in [0.3, 0.4) is 0 Å². The molecule has 0 aliphatic rings. The average molecular weight is 390 g/mol. The molecule has 0 unspecified atom stereocenters. The van der Waals surface area contributed by atoms with Gasteiger partial charge in [-0.25, -0.2) is 0 Å². The van der Waals surface area contributed by atoms with Gasteiger partial charge in [-0.3, -0.25) is 9.69 Å². The van der Waals surface area contributed by atoms with Crippen molar-refractivity contribution < 1.29 is 4.79 Å². The van der Waals surface area contributed by atoms with E-state index >= 15 is 0 Å². The lowest BCUT2D eigenvalue weighted by atomic mass is 10.2. The fourth-order valence-electron chi connectivity index (χ4n) is 2.93. The molecule has 2 rings (SSSR count). The molecule has 1 aromatic carbocycles. The van der Waals surface area contributed by atoms with Crippen molar-refractivity contribution in [2.75, 3.05) is 26.4 Å². The molecule has 0 spiro atoms. The molecule has 1 N–H and O–H groups in total. The number of carbonyl (C=O) groups excluding carboxylic acids is 1. The first kappa shape index (κ1) is 21.4. The Morgan fingerprint density at radius 1 is 1.22 bits per heavy atom. The molecular formula is C20H31N5OS. The van der Waals surface area contributed by atoms with Crippen LogP contribution in [0.15, 0.2) is 35.5 Å². The van der Waals surface area contributed by atoms with Crippen molar-refractivity contribution in [2.45, 2.75) is 50.9 Å². The summed E-state index contributed by atoms with van der Waals surface area (Å²) in [5.41, 5.74) is 1.20. The number of benzene rings is 1. The summed E-state index contributed by atoms with van der Waals surface area (Å²) < 4.78 is 2.15. The number of aromatic nitrogens is 3. The van der Waals surface area contributed by atoms with Gasteiger partial charge >= 0.3 is 0 Å². The summed E-state index contributed by atoms with van der Waals surface area (Å²) in [4.78, 5) is 14.2. The zero-order valence-corrected chi connectivity index (χ0v) is 17.6. The van der Waals surface area contributed by atoms with Gasteiger partial charge in [0.2, 0.25) is 5.91 Å². The molecule has 0 saturated heterocycles. The van der Waals surface area contributed by atoms with E-state index in [0.717, 1.165) is 36.8 Å². The number of thioether (sulfide) groups is 1. The first-order valence-corrected chi connectivity index (χ1v) is 10.6. The van der Waals surface area contributed by atoms with Gasteiger partial charge in [0.25, 0.3) is 0 Å². The second-order valence-corrected chi connectivity index (χ2v) is 7.73. The summed E-state index contributed by atoms with van der Waals surface area (Å²) in [7, 11) is 4.12. The van der Waals surface area contributed by atoms with Crippen LogP contribution in [0.5, 0.6) is 0 Å². The van der Waals surface area contributed by atoms with Crippen molar-refractivity contribution in [3.05, 3.63) is 41.7 Å². The highest BCUT2D eigenvalue weighted by Crippen LogP contribution is 2.26. The number of hydrogen-bond donors (Lipinski definition) is 1. The maximum atomic E-state index is 12.1. The number of carbonyl (C=O) groups is 1. The maximum Gasteiger partial charge on any atom is 0.230 e. The third-order valence-corrected chi connectivity index (χ3v) is 5.39. The van der Waals surface area contributed by atoms with Gasteiger partial charge in [-0.15, -0.1) is 10.2 Å². The van der Waals surface area contributed by atoms with Crippen LogP contribution in [0.1, 0.15) is 50.5 Å². The molecule has 0 fully saturated rings. The molecular weight excluding hydrogens is 358 g/mol. The quantitative estimate of drug-likeness (QED) is 0.472. The fourth-order valence-corrected chi connectivity index (χ4v) is 3.71. The van der Waals surface area contributed by atoms with Crippen molar-refractivity contribution in [1.82, 2.24) is 25.0 Å². The highest BCUT2D eigenvalue weighted by molar-refractivity contribution is 7.99. The molecule has 1 atom stereocenters. The van der Waals surface area contributed by atoms with Crippen LogP contribution >= 0.6 is 11.8 Å². The zero-order chi connectivity index (χ0) is 19.6. The molecule has 0 aliphatic heterocycles. The molecule has 0 saturated carbocycles. The Morgan fingerprint density at radius 2 is 1.96 bits per heavy atom. The Kier molecular flexibility index (Phi) is 8.81. The minimum absolute atomic E-state index is 0.0453. The molecule has 1 heterocycles. The van der Waals surface area contributed by atoms with Gasteiger partial charge in [0.1, 0.15) is 0 Å². The first-order chi connectivity index (χ1) is 13.1. The molecule has 7 heteroatoms. The van der Waals surface area contributed by atoms with Gasteiger partial charge in [-0.05, 0) is 32.5 Å². The summed E-state index contributed by atoms with van der Waals surface area (Å²) in [5.74, 6) is 1.35. The summed E-state index contributed by atoms with van der Waals surface area (Å²) >= 11 is 1.45. The Labute approximate surface area is 166 Å². The zero-order valence-electron chi connectivity index (χ0n) is 16.8. The molecule has 0 aliphatic carbocycles. The Hall–Kier alpha value is -1.86. The fraction of sp³-hybridized carbons (Fsp3) is 0.550. The molecule has 0 bridgehead atoms. The van der Waals surface area contributed by atoms with Crippen molar-refractivity contribution >= 4 is 17.7 Å². The molecule has 1 aromatic heterocycles. The number of nitrogens with one attached hydrogen (secondary N) is 1. The van der Waals surface area contributed by atoms with Crippen LogP contribution in [0.4, 0.5) is 0 Å². The average Bonchev–Trinajstić information content (AvgIpc) is 3.04. The van der Waals surface area contributed by atoms with Crippen LogP contribution in [0, 0.1) is 0 Å². The lowest BCUT2D eigenvalue weighted by Crippen LogP contribution is -2.26. The van der Waals surface area contributed by atoms with E-state index in [2.05, 4.69) is 65.1 Å². The van der Waals surface area contributed by atoms with Crippen LogP contribution in [0.25, 0.3) is 0 Å². The lowest BCUT2D eigenvalue weighted by Gasteiger charge is -2.23. The standard InChI is InChI=1S/C20H31N5OS/c1-5-7-13-21-18(26)15-27-20-23-22-19(17(6-2)24(3)4)25(20)14-16-11-9-8-10-12-16/h8-12,17H,5-7,13-15H2,1-4H3,(H,21,26)/t17-/m1/s1. The van der Waals surface area contributed by atoms with E-state index in [9.17, 15) is 4.79 Å². The van der Waals surface area contributed by atoms with E-state index in [0.29, 0.717) is 12.3 Å². The maximum absolute atomic E-state index is 12.1. The number of amides is 1. The third kappa shape index (κ3) is 6.36. The number of hydrogen-bond acceptors (Lipinski definition) is 5. The van der Waals surface area contributed by atoms with Crippen molar-refractivity contribution in [3.8, 4) is 0 Å². The van der Waals surface area contributed by atoms with E-state index in [-0.39, 0.29) is 11.9 Å². The van der Waals surface area contributed by atoms with Crippen LogP contribution in [-0.2, 0) is 11.3 Å². The largest absolute Gasteiger partial charge is 0.355 e. The van der Waals surface area contributed by atoms with Gasteiger partial charge < -0.3 is 9.88 Å². The molecule has 6 nitrogen and oxygen atoms in total. The third-order valence-electron chi connectivity index (χ3n) is 4.42. The molecule has 148 valence electrons. The van der Waals surface area contributed by atoms with Crippen LogP contribution in [-0.4, -0.2) is 52.0 Å².